The monoisotopic (exact) mass is 596 g/mol. The minimum atomic E-state index is -0.553. The van der Waals surface area contributed by atoms with E-state index in [2.05, 4.69) is 41.9 Å². The molecule has 0 aliphatic carbocycles. The Labute approximate surface area is 214 Å². The number of nitrogens with zero attached hydrogens (tertiary/aromatic N) is 4. The number of aromatic nitrogens is 2. The molecular weight excluding hydrogens is 584 g/mol. The summed E-state index contributed by atoms with van der Waals surface area (Å²) < 4.78 is 13.5. The van der Waals surface area contributed by atoms with Crippen molar-refractivity contribution in [3.05, 3.63) is 95.6 Å². The molecule has 5 aromatic rings. The molecule has 9 nitrogen and oxygen atoms in total. The SMILES string of the molecule is COc1c(Br)cc(C=Nn2c(-c3cc4cc(Br)ccc4o3)nc3ccccc3c2=O)cc1[N+](=O)[O-]. The lowest BCUT2D eigenvalue weighted by Gasteiger charge is -2.08. The smallest absolute Gasteiger partial charge is 0.312 e. The van der Waals surface area contributed by atoms with E-state index in [0.717, 1.165) is 14.5 Å². The Balaban J connectivity index is 1.71. The zero-order valence-electron chi connectivity index (χ0n) is 17.9. The van der Waals surface area contributed by atoms with Gasteiger partial charge in [0.05, 0.1) is 33.6 Å². The molecule has 0 fully saturated rings. The minimum absolute atomic E-state index is 0.0887. The Morgan fingerprint density at radius 3 is 2.71 bits per heavy atom. The number of hydrogen-bond acceptors (Lipinski definition) is 7. The topological polar surface area (TPSA) is 113 Å². The summed E-state index contributed by atoms with van der Waals surface area (Å²) in [5.41, 5.74) is 0.837. The van der Waals surface area contributed by atoms with Crippen LogP contribution in [-0.4, -0.2) is 27.9 Å². The van der Waals surface area contributed by atoms with Crippen LogP contribution in [0.2, 0.25) is 0 Å². The van der Waals surface area contributed by atoms with E-state index in [1.54, 1.807) is 36.4 Å². The molecule has 11 heteroatoms. The molecule has 174 valence electrons. The summed E-state index contributed by atoms with van der Waals surface area (Å²) in [6, 6.07) is 17.2. The number of fused-ring (bicyclic) bond motifs is 2. The number of rotatable bonds is 5. The van der Waals surface area contributed by atoms with Gasteiger partial charge < -0.3 is 9.15 Å². The van der Waals surface area contributed by atoms with Gasteiger partial charge in [0, 0.05) is 21.5 Å². The van der Waals surface area contributed by atoms with Gasteiger partial charge in [0.1, 0.15) is 5.58 Å². The van der Waals surface area contributed by atoms with Crippen molar-refractivity contribution >= 4 is 65.6 Å². The number of nitro groups is 1. The fraction of sp³-hybridized carbons (Fsp3) is 0.0417. The van der Waals surface area contributed by atoms with Gasteiger partial charge in [-0.05, 0) is 58.4 Å². The Morgan fingerprint density at radius 1 is 1.14 bits per heavy atom. The summed E-state index contributed by atoms with van der Waals surface area (Å²) in [6.45, 7) is 0. The maximum Gasteiger partial charge on any atom is 0.312 e. The summed E-state index contributed by atoms with van der Waals surface area (Å²) in [7, 11) is 1.35. The molecule has 0 aliphatic heterocycles. The number of ether oxygens (including phenoxy) is 1. The molecule has 2 heterocycles. The van der Waals surface area contributed by atoms with Crippen LogP contribution in [0.15, 0.2) is 83.9 Å². The maximum atomic E-state index is 13.4. The normalized spacial score (nSPS) is 11.5. The summed E-state index contributed by atoms with van der Waals surface area (Å²) in [6.07, 6.45) is 1.35. The van der Waals surface area contributed by atoms with E-state index in [9.17, 15) is 14.9 Å². The number of furan rings is 1. The third-order valence-electron chi connectivity index (χ3n) is 5.22. The molecule has 2 aromatic heterocycles. The molecule has 0 saturated carbocycles. The highest BCUT2D eigenvalue weighted by Gasteiger charge is 2.20. The summed E-state index contributed by atoms with van der Waals surface area (Å²) in [5.74, 6) is 0.630. The number of halogens is 2. The molecule has 5 rings (SSSR count). The Bertz CT molecular complexity index is 1730. The number of hydrogen-bond donors (Lipinski definition) is 0. The summed E-state index contributed by atoms with van der Waals surface area (Å²) in [4.78, 5) is 28.9. The predicted octanol–water partition coefficient (Wildman–Crippen LogP) is 6.13. The van der Waals surface area contributed by atoms with E-state index in [1.807, 2.05) is 18.2 Å². The average molecular weight is 598 g/mol. The van der Waals surface area contributed by atoms with Crippen molar-refractivity contribution in [1.82, 2.24) is 9.66 Å². The molecule has 0 aliphatic rings. The molecule has 0 bridgehead atoms. The zero-order valence-corrected chi connectivity index (χ0v) is 21.1. The molecule has 0 saturated heterocycles. The fourth-order valence-corrected chi connectivity index (χ4v) is 4.66. The lowest BCUT2D eigenvalue weighted by Crippen LogP contribution is -2.20. The maximum absolute atomic E-state index is 13.4. The number of para-hydroxylation sites is 1. The first kappa shape index (κ1) is 22.9. The van der Waals surface area contributed by atoms with E-state index in [1.165, 1.54) is 19.4 Å². The Kier molecular flexibility index (Phi) is 5.95. The molecular formula is C24H14Br2N4O5. The van der Waals surface area contributed by atoms with Gasteiger partial charge in [-0.1, -0.05) is 28.1 Å². The van der Waals surface area contributed by atoms with Crippen LogP contribution in [0.3, 0.4) is 0 Å². The van der Waals surface area contributed by atoms with E-state index < -0.39 is 10.5 Å². The zero-order chi connectivity index (χ0) is 24.7. The summed E-state index contributed by atoms with van der Waals surface area (Å²) in [5, 5.41) is 17.0. The lowest BCUT2D eigenvalue weighted by molar-refractivity contribution is -0.385. The van der Waals surface area contributed by atoms with Crippen molar-refractivity contribution in [1.29, 1.82) is 0 Å². The molecule has 0 unspecified atom stereocenters. The van der Waals surface area contributed by atoms with Crippen LogP contribution in [0, 0.1) is 10.1 Å². The highest BCUT2D eigenvalue weighted by molar-refractivity contribution is 9.10. The van der Waals surface area contributed by atoms with Gasteiger partial charge in [0.15, 0.2) is 5.76 Å². The molecule has 3 aromatic carbocycles. The third kappa shape index (κ3) is 4.24. The molecule has 35 heavy (non-hydrogen) atoms. The second kappa shape index (κ2) is 9.08. The largest absolute Gasteiger partial charge is 0.489 e. The third-order valence-corrected chi connectivity index (χ3v) is 6.30. The highest BCUT2D eigenvalue weighted by atomic mass is 79.9. The van der Waals surface area contributed by atoms with Gasteiger partial charge >= 0.3 is 5.69 Å². The predicted molar refractivity (Wildman–Crippen MR) is 139 cm³/mol. The van der Waals surface area contributed by atoms with Gasteiger partial charge in [-0.3, -0.25) is 14.9 Å². The van der Waals surface area contributed by atoms with Crippen molar-refractivity contribution < 1.29 is 14.1 Å². The van der Waals surface area contributed by atoms with Gasteiger partial charge in [0.2, 0.25) is 11.6 Å². The van der Waals surface area contributed by atoms with E-state index >= 15 is 0 Å². The summed E-state index contributed by atoms with van der Waals surface area (Å²) >= 11 is 6.73. The standard InChI is InChI=1S/C24H14Br2N4O5/c1-34-22-17(26)8-13(9-19(22)30(32)33)12-27-29-23(28-18-5-3-2-4-16(18)24(29)31)21-11-14-10-15(25)6-7-20(14)35-21/h2-12H,1H3. The minimum Gasteiger partial charge on any atom is -0.489 e. The highest BCUT2D eigenvalue weighted by Crippen LogP contribution is 2.36. The van der Waals surface area contributed by atoms with Crippen LogP contribution in [-0.2, 0) is 0 Å². The van der Waals surface area contributed by atoms with Crippen molar-refractivity contribution in [3.63, 3.8) is 0 Å². The second-order valence-electron chi connectivity index (χ2n) is 7.42. The van der Waals surface area contributed by atoms with E-state index in [4.69, 9.17) is 9.15 Å². The van der Waals surface area contributed by atoms with Crippen molar-refractivity contribution in [2.45, 2.75) is 0 Å². The van der Waals surface area contributed by atoms with E-state index in [-0.39, 0.29) is 17.3 Å². The Morgan fingerprint density at radius 2 is 1.94 bits per heavy atom. The molecule has 0 amide bonds. The molecule has 0 radical (unpaired) electrons. The second-order valence-corrected chi connectivity index (χ2v) is 9.19. The first-order valence-electron chi connectivity index (χ1n) is 10.1. The van der Waals surface area contributed by atoms with E-state index in [0.29, 0.717) is 32.3 Å². The lowest BCUT2D eigenvalue weighted by atomic mass is 10.2. The quantitative estimate of drug-likeness (QED) is 0.137. The molecule has 0 N–H and O–H groups in total. The van der Waals surface area contributed by atoms with Crippen LogP contribution in [0.1, 0.15) is 5.56 Å². The van der Waals surface area contributed by atoms with Gasteiger partial charge in [-0.15, -0.1) is 0 Å². The number of benzene rings is 3. The van der Waals surface area contributed by atoms with Crippen LogP contribution in [0.4, 0.5) is 5.69 Å². The van der Waals surface area contributed by atoms with Crippen LogP contribution >= 0.6 is 31.9 Å². The van der Waals surface area contributed by atoms with Crippen molar-refractivity contribution in [3.8, 4) is 17.3 Å². The first-order chi connectivity index (χ1) is 16.9. The van der Waals surface area contributed by atoms with Crippen LogP contribution in [0.25, 0.3) is 33.5 Å². The first-order valence-corrected chi connectivity index (χ1v) is 11.7. The van der Waals surface area contributed by atoms with Crippen LogP contribution in [0.5, 0.6) is 5.75 Å². The fourth-order valence-electron chi connectivity index (χ4n) is 3.65. The van der Waals surface area contributed by atoms with Gasteiger partial charge in [-0.25, -0.2) is 4.98 Å². The number of methoxy groups -OCH3 is 1. The molecule has 0 spiro atoms. The van der Waals surface area contributed by atoms with Crippen molar-refractivity contribution in [2.75, 3.05) is 7.11 Å². The number of nitro benzene ring substituents is 1. The van der Waals surface area contributed by atoms with Gasteiger partial charge in [0.25, 0.3) is 5.56 Å². The van der Waals surface area contributed by atoms with Crippen molar-refractivity contribution in [2.24, 2.45) is 5.10 Å². The average Bonchev–Trinajstić information content (AvgIpc) is 3.26. The Hall–Kier alpha value is -3.83. The molecule has 0 atom stereocenters. The van der Waals surface area contributed by atoms with Crippen LogP contribution < -0.4 is 10.3 Å². The van der Waals surface area contributed by atoms with Gasteiger partial charge in [-0.2, -0.15) is 9.78 Å².